The molecule has 0 aromatic rings. The fraction of sp³-hybridized carbons (Fsp3) is 0.722. The van der Waals surface area contributed by atoms with Gasteiger partial charge in [0.1, 0.15) is 18.8 Å². The first-order chi connectivity index (χ1) is 14.0. The number of esters is 4. The molecular weight excluding hydrogens is 390 g/mol. The van der Waals surface area contributed by atoms with E-state index in [0.717, 1.165) is 27.7 Å². The number of carbonyl (C=O) groups is 5. The predicted molar refractivity (Wildman–Crippen MR) is 95.0 cm³/mol. The van der Waals surface area contributed by atoms with E-state index in [-0.39, 0.29) is 26.3 Å². The highest BCUT2D eigenvalue weighted by Crippen LogP contribution is 2.28. The highest BCUT2D eigenvalue weighted by Gasteiger charge is 2.52. The molecule has 1 unspecified atom stereocenters. The summed E-state index contributed by atoms with van der Waals surface area (Å²) in [6.45, 7) is 4.14. The second-order valence-corrected chi connectivity index (χ2v) is 6.30. The molecule has 1 saturated heterocycles. The van der Waals surface area contributed by atoms with Crippen molar-refractivity contribution in [3.63, 3.8) is 0 Å². The summed E-state index contributed by atoms with van der Waals surface area (Å²) in [4.78, 5) is 58.4. The van der Waals surface area contributed by atoms with Gasteiger partial charge in [0.05, 0.1) is 0 Å². The van der Waals surface area contributed by atoms with Crippen LogP contribution in [0.4, 0.5) is 0 Å². The maximum Gasteiger partial charge on any atom is 0.305 e. The van der Waals surface area contributed by atoms with Gasteiger partial charge in [0.15, 0.2) is 12.2 Å². The van der Waals surface area contributed by atoms with Gasteiger partial charge in [-0.2, -0.15) is 0 Å². The van der Waals surface area contributed by atoms with Crippen molar-refractivity contribution in [2.75, 3.05) is 6.61 Å². The first-order valence-electron chi connectivity index (χ1n) is 9.65. The van der Waals surface area contributed by atoms with Gasteiger partial charge in [0, 0.05) is 35.5 Å². The Morgan fingerprint density at radius 1 is 0.897 bits per heavy atom. The van der Waals surface area contributed by atoms with Crippen molar-refractivity contribution in [3.8, 4) is 0 Å². The SMILES string of the molecule is [2H]CCCC(=O)N[C@H]1C(OC(C)=O)O[C@H](COC(C)=O)[C@@H](OC(C)=O)[C@@H]1OC(C)=O. The minimum absolute atomic E-state index is 0.00527. The number of hydrogen-bond donors (Lipinski definition) is 1. The largest absolute Gasteiger partial charge is 0.463 e. The molecule has 0 spiro atoms. The van der Waals surface area contributed by atoms with E-state index in [1.807, 2.05) is 0 Å². The summed E-state index contributed by atoms with van der Waals surface area (Å²) < 4.78 is 33.4. The molecule has 11 nitrogen and oxygen atoms in total. The van der Waals surface area contributed by atoms with Gasteiger partial charge in [0.2, 0.25) is 12.2 Å². The van der Waals surface area contributed by atoms with E-state index in [2.05, 4.69) is 5.32 Å². The molecule has 1 heterocycles. The molecule has 5 atom stereocenters. The Hall–Kier alpha value is -2.69. The van der Waals surface area contributed by atoms with E-state index in [9.17, 15) is 24.0 Å². The lowest BCUT2D eigenvalue weighted by molar-refractivity contribution is -0.271. The molecule has 29 heavy (non-hydrogen) atoms. The van der Waals surface area contributed by atoms with Crippen molar-refractivity contribution < 1.29 is 49.0 Å². The molecular formula is C18H27NO10. The lowest BCUT2D eigenvalue weighted by Gasteiger charge is -2.44. The van der Waals surface area contributed by atoms with Crippen LogP contribution in [0.25, 0.3) is 0 Å². The second kappa shape index (κ2) is 11.3. The summed E-state index contributed by atoms with van der Waals surface area (Å²) in [6.07, 6.45) is -4.86. The van der Waals surface area contributed by atoms with Crippen molar-refractivity contribution in [1.82, 2.24) is 5.32 Å². The Kier molecular flexibility index (Phi) is 8.84. The molecule has 0 bridgehead atoms. The van der Waals surface area contributed by atoms with Gasteiger partial charge in [-0.1, -0.05) is 6.90 Å². The summed E-state index contributed by atoms with van der Waals surface area (Å²) in [7, 11) is 0. The van der Waals surface area contributed by atoms with Gasteiger partial charge in [-0.25, -0.2) is 0 Å². The number of rotatable bonds is 8. The third-order valence-corrected chi connectivity index (χ3v) is 3.71. The molecule has 1 aliphatic heterocycles. The molecule has 0 radical (unpaired) electrons. The second-order valence-electron chi connectivity index (χ2n) is 6.30. The predicted octanol–water partition coefficient (Wildman–Crippen LogP) is -0.0142. The Bertz CT molecular complexity index is 655. The first kappa shape index (κ1) is 22.6. The van der Waals surface area contributed by atoms with Crippen LogP contribution in [0, 0.1) is 0 Å². The highest BCUT2D eigenvalue weighted by atomic mass is 16.7. The molecule has 11 heteroatoms. The maximum atomic E-state index is 12.3. The van der Waals surface area contributed by atoms with E-state index in [0.29, 0.717) is 0 Å². The normalized spacial score (nSPS) is 26.5. The van der Waals surface area contributed by atoms with Crippen LogP contribution < -0.4 is 5.32 Å². The molecule has 1 fully saturated rings. The quantitative estimate of drug-likeness (QED) is 0.422. The molecule has 1 amide bonds. The number of hydrogen-bond acceptors (Lipinski definition) is 10. The zero-order valence-electron chi connectivity index (χ0n) is 17.8. The molecule has 0 saturated carbocycles. The van der Waals surface area contributed by atoms with Crippen molar-refractivity contribution in [2.24, 2.45) is 0 Å². The summed E-state index contributed by atoms with van der Waals surface area (Å²) in [5.74, 6) is -3.38. The van der Waals surface area contributed by atoms with Crippen molar-refractivity contribution in [2.45, 2.75) is 78.1 Å². The number of amides is 1. The summed E-state index contributed by atoms with van der Waals surface area (Å²) in [6, 6.07) is -1.21. The number of ether oxygens (including phenoxy) is 5. The fourth-order valence-electron chi connectivity index (χ4n) is 2.74. The standard InChI is InChI=1S/C18H27NO10/c1-6-7-14(24)19-15-17(27-11(4)22)16(26-10(3)21)13(8-25-9(2)20)29-18(15)28-12(5)23/h13,15-18H,6-8H2,1-5H3,(H,19,24)/t13-,15-,16-,17-,18?/m1/s1/i1D. The number of carbonyl (C=O) groups excluding carboxylic acids is 5. The fourth-order valence-corrected chi connectivity index (χ4v) is 2.74. The first-order valence-corrected chi connectivity index (χ1v) is 8.94. The van der Waals surface area contributed by atoms with Crippen LogP contribution in [0.1, 0.15) is 48.8 Å². The third kappa shape index (κ3) is 8.06. The van der Waals surface area contributed by atoms with E-state index < -0.39 is 60.4 Å². The van der Waals surface area contributed by atoms with Crippen molar-refractivity contribution in [3.05, 3.63) is 0 Å². The van der Waals surface area contributed by atoms with Crippen LogP contribution in [-0.2, 0) is 47.7 Å². The van der Waals surface area contributed by atoms with Gasteiger partial charge >= 0.3 is 23.9 Å². The molecule has 1 rings (SSSR count). The van der Waals surface area contributed by atoms with E-state index in [4.69, 9.17) is 25.1 Å². The molecule has 1 aliphatic rings. The van der Waals surface area contributed by atoms with E-state index >= 15 is 0 Å². The molecule has 1 N–H and O–H groups in total. The zero-order chi connectivity index (χ0) is 22.8. The van der Waals surface area contributed by atoms with Crippen LogP contribution in [0.15, 0.2) is 0 Å². The van der Waals surface area contributed by atoms with Gasteiger partial charge in [-0.05, 0) is 6.42 Å². The van der Waals surface area contributed by atoms with Gasteiger partial charge in [-0.3, -0.25) is 24.0 Å². The molecule has 0 aliphatic carbocycles. The van der Waals surface area contributed by atoms with Gasteiger partial charge in [-0.15, -0.1) is 0 Å². The minimum Gasteiger partial charge on any atom is -0.463 e. The minimum atomic E-state index is -1.42. The van der Waals surface area contributed by atoms with Gasteiger partial charge < -0.3 is 29.0 Å². The van der Waals surface area contributed by atoms with Crippen LogP contribution in [0.2, 0.25) is 0 Å². The zero-order valence-corrected chi connectivity index (χ0v) is 16.8. The van der Waals surface area contributed by atoms with Crippen LogP contribution in [0.3, 0.4) is 0 Å². The Labute approximate surface area is 169 Å². The number of nitrogens with one attached hydrogen (secondary N) is 1. The van der Waals surface area contributed by atoms with E-state index in [1.165, 1.54) is 0 Å². The Balaban J connectivity index is 3.28. The summed E-state index contributed by atoms with van der Waals surface area (Å²) >= 11 is 0. The Morgan fingerprint density at radius 3 is 2.00 bits per heavy atom. The monoisotopic (exact) mass is 418 g/mol. The lowest BCUT2D eigenvalue weighted by atomic mass is 9.96. The highest BCUT2D eigenvalue weighted by molar-refractivity contribution is 5.76. The summed E-state index contributed by atoms with van der Waals surface area (Å²) in [5, 5.41) is 2.55. The average Bonchev–Trinajstić information content (AvgIpc) is 2.62. The topological polar surface area (TPSA) is 144 Å². The Morgan fingerprint density at radius 2 is 1.48 bits per heavy atom. The molecule has 0 aromatic heterocycles. The molecule has 164 valence electrons. The van der Waals surface area contributed by atoms with Crippen molar-refractivity contribution in [1.29, 1.82) is 0 Å². The molecule has 0 aromatic carbocycles. The van der Waals surface area contributed by atoms with Crippen molar-refractivity contribution >= 4 is 29.8 Å². The lowest BCUT2D eigenvalue weighted by Crippen LogP contribution is -2.67. The van der Waals surface area contributed by atoms with Gasteiger partial charge in [0.25, 0.3) is 0 Å². The van der Waals surface area contributed by atoms with Crippen LogP contribution in [-0.4, -0.2) is 67.0 Å². The summed E-state index contributed by atoms with van der Waals surface area (Å²) in [5.41, 5.74) is 0. The van der Waals surface area contributed by atoms with Crippen LogP contribution >= 0.6 is 0 Å². The average molecular weight is 418 g/mol. The van der Waals surface area contributed by atoms with E-state index in [1.54, 1.807) is 0 Å². The smallest absolute Gasteiger partial charge is 0.305 e. The maximum absolute atomic E-state index is 12.3. The van der Waals surface area contributed by atoms with Crippen LogP contribution in [0.5, 0.6) is 0 Å². The third-order valence-electron chi connectivity index (χ3n) is 3.71.